The first-order chi connectivity index (χ1) is 6.61. The summed E-state index contributed by atoms with van der Waals surface area (Å²) in [6.45, 7) is 7.48. The molecule has 0 amide bonds. The summed E-state index contributed by atoms with van der Waals surface area (Å²) in [4.78, 5) is 0. The van der Waals surface area contributed by atoms with E-state index in [1.807, 2.05) is 0 Å². The van der Waals surface area contributed by atoms with Crippen LogP contribution in [0.1, 0.15) is 33.6 Å². The van der Waals surface area contributed by atoms with Gasteiger partial charge in [0.25, 0.3) is 0 Å². The molecule has 0 radical (unpaired) electrons. The summed E-state index contributed by atoms with van der Waals surface area (Å²) in [6.07, 6.45) is 2.10. The van der Waals surface area contributed by atoms with Crippen LogP contribution < -0.4 is 5.32 Å². The van der Waals surface area contributed by atoms with Crippen molar-refractivity contribution in [1.29, 1.82) is 0 Å². The number of hydrogen-bond acceptors (Lipinski definition) is 2. The van der Waals surface area contributed by atoms with Crippen molar-refractivity contribution in [2.24, 2.45) is 5.92 Å². The van der Waals surface area contributed by atoms with Gasteiger partial charge in [0.15, 0.2) is 0 Å². The minimum absolute atomic E-state index is 0.505. The zero-order valence-corrected chi connectivity index (χ0v) is 10.6. The monoisotopic (exact) mass is 221 g/mol. The lowest BCUT2D eigenvalue weighted by Crippen LogP contribution is -2.40. The molecule has 3 heteroatoms. The topological polar surface area (TPSA) is 21.3 Å². The van der Waals surface area contributed by atoms with Crippen molar-refractivity contribution in [3.05, 3.63) is 0 Å². The maximum Gasteiger partial charge on any atom is 0.0476 e. The summed E-state index contributed by atoms with van der Waals surface area (Å²) in [5.41, 5.74) is 0. The summed E-state index contributed by atoms with van der Waals surface area (Å²) < 4.78 is 5.05. The van der Waals surface area contributed by atoms with E-state index in [2.05, 4.69) is 26.1 Å². The van der Waals surface area contributed by atoms with Crippen LogP contribution in [-0.4, -0.2) is 31.7 Å². The summed E-state index contributed by atoms with van der Waals surface area (Å²) >= 11 is 5.76. The highest BCUT2D eigenvalue weighted by molar-refractivity contribution is 6.17. The van der Waals surface area contributed by atoms with Crippen molar-refractivity contribution < 1.29 is 4.74 Å². The van der Waals surface area contributed by atoms with Crippen molar-refractivity contribution >= 4 is 11.6 Å². The van der Waals surface area contributed by atoms with Crippen LogP contribution in [0.15, 0.2) is 0 Å². The Labute approximate surface area is 93.4 Å². The van der Waals surface area contributed by atoms with E-state index >= 15 is 0 Å². The fraction of sp³-hybridized carbons (Fsp3) is 1.00. The van der Waals surface area contributed by atoms with Crippen LogP contribution in [0.4, 0.5) is 0 Å². The van der Waals surface area contributed by atoms with Gasteiger partial charge < -0.3 is 10.1 Å². The first-order valence-corrected chi connectivity index (χ1v) is 5.96. The molecule has 0 aliphatic heterocycles. The number of hydrogen-bond donors (Lipinski definition) is 1. The molecule has 86 valence electrons. The normalized spacial score (nSPS) is 15.9. The molecule has 0 saturated carbocycles. The second-order valence-corrected chi connectivity index (χ2v) is 4.56. The van der Waals surface area contributed by atoms with Crippen LogP contribution in [0.5, 0.6) is 0 Å². The number of rotatable bonds is 8. The van der Waals surface area contributed by atoms with Crippen LogP contribution >= 0.6 is 11.6 Å². The molecule has 0 aliphatic rings. The fourth-order valence-electron chi connectivity index (χ4n) is 1.47. The number of halogens is 1. The van der Waals surface area contributed by atoms with E-state index in [0.717, 1.165) is 25.3 Å². The Bertz CT molecular complexity index is 130. The van der Waals surface area contributed by atoms with Crippen molar-refractivity contribution in [3.8, 4) is 0 Å². The van der Waals surface area contributed by atoms with Gasteiger partial charge in [0, 0.05) is 31.7 Å². The predicted molar refractivity (Wildman–Crippen MR) is 63.1 cm³/mol. The number of ether oxygens (including phenoxy) is 1. The third kappa shape index (κ3) is 6.63. The molecule has 0 spiro atoms. The molecule has 0 heterocycles. The van der Waals surface area contributed by atoms with Gasteiger partial charge in [-0.15, -0.1) is 11.6 Å². The van der Waals surface area contributed by atoms with Crippen LogP contribution in [0.2, 0.25) is 0 Å². The van der Waals surface area contributed by atoms with Gasteiger partial charge in [-0.2, -0.15) is 0 Å². The molecule has 2 nitrogen and oxygen atoms in total. The molecular weight excluding hydrogens is 198 g/mol. The van der Waals surface area contributed by atoms with Gasteiger partial charge in [0.05, 0.1) is 0 Å². The predicted octanol–water partition coefficient (Wildman–Crippen LogP) is 2.65. The molecule has 1 N–H and O–H groups in total. The molecule has 0 aliphatic carbocycles. The van der Waals surface area contributed by atoms with E-state index in [1.54, 1.807) is 7.11 Å². The molecule has 0 saturated heterocycles. The van der Waals surface area contributed by atoms with Gasteiger partial charge in [0.1, 0.15) is 0 Å². The Balaban J connectivity index is 3.77. The number of nitrogens with one attached hydrogen (secondary N) is 1. The third-order valence-corrected chi connectivity index (χ3v) is 2.70. The molecule has 0 rings (SSSR count). The molecule has 0 aromatic heterocycles. The second-order valence-electron chi connectivity index (χ2n) is 4.18. The molecule has 0 bridgehead atoms. The van der Waals surface area contributed by atoms with Gasteiger partial charge in [0.2, 0.25) is 0 Å². The molecule has 0 aromatic carbocycles. The highest BCUT2D eigenvalue weighted by Crippen LogP contribution is 2.09. The first-order valence-electron chi connectivity index (χ1n) is 5.42. The molecule has 2 atom stereocenters. The Morgan fingerprint density at radius 2 is 1.86 bits per heavy atom. The average Bonchev–Trinajstić information content (AvgIpc) is 2.14. The molecular formula is C11H24ClNO. The summed E-state index contributed by atoms with van der Waals surface area (Å²) in [6, 6.07) is 1.03. The minimum Gasteiger partial charge on any atom is -0.385 e. The average molecular weight is 222 g/mol. The maximum absolute atomic E-state index is 5.76. The molecule has 2 unspecified atom stereocenters. The largest absolute Gasteiger partial charge is 0.385 e. The van der Waals surface area contributed by atoms with E-state index < -0.39 is 0 Å². The fourth-order valence-corrected chi connectivity index (χ4v) is 1.71. The SMILES string of the molecule is COCCC(C)NC(CCCl)C(C)C. The van der Waals surface area contributed by atoms with Crippen LogP contribution in [0.3, 0.4) is 0 Å². The standard InChI is InChI=1S/C11H24ClNO/c1-9(2)11(5-7-12)13-10(3)6-8-14-4/h9-11,13H,5-8H2,1-4H3. The zero-order chi connectivity index (χ0) is 11.0. The van der Waals surface area contributed by atoms with E-state index in [4.69, 9.17) is 16.3 Å². The molecule has 0 fully saturated rings. The Morgan fingerprint density at radius 3 is 2.29 bits per heavy atom. The van der Waals surface area contributed by atoms with Crippen LogP contribution in [0.25, 0.3) is 0 Å². The summed E-state index contributed by atoms with van der Waals surface area (Å²) in [7, 11) is 1.74. The van der Waals surface area contributed by atoms with Crippen molar-refractivity contribution in [2.45, 2.75) is 45.7 Å². The lowest BCUT2D eigenvalue weighted by molar-refractivity contribution is 0.180. The maximum atomic E-state index is 5.76. The number of alkyl halides is 1. The smallest absolute Gasteiger partial charge is 0.0476 e. The van der Waals surface area contributed by atoms with Crippen molar-refractivity contribution in [3.63, 3.8) is 0 Å². The summed E-state index contributed by atoms with van der Waals surface area (Å²) in [5.74, 6) is 1.37. The Kier molecular flexibility index (Phi) is 8.64. The quantitative estimate of drug-likeness (QED) is 0.637. The molecule has 0 aromatic rings. The molecule has 14 heavy (non-hydrogen) atoms. The second kappa shape index (κ2) is 8.51. The van der Waals surface area contributed by atoms with E-state index in [-0.39, 0.29) is 0 Å². The van der Waals surface area contributed by atoms with Crippen molar-refractivity contribution in [1.82, 2.24) is 5.32 Å². The highest BCUT2D eigenvalue weighted by Gasteiger charge is 2.14. The van der Waals surface area contributed by atoms with E-state index in [9.17, 15) is 0 Å². The van der Waals surface area contributed by atoms with Gasteiger partial charge in [-0.25, -0.2) is 0 Å². The lowest BCUT2D eigenvalue weighted by atomic mass is 10.0. The van der Waals surface area contributed by atoms with E-state index in [0.29, 0.717) is 18.0 Å². The zero-order valence-electron chi connectivity index (χ0n) is 9.85. The Hall–Kier alpha value is 0.210. The number of methoxy groups -OCH3 is 1. The minimum atomic E-state index is 0.505. The highest BCUT2D eigenvalue weighted by atomic mass is 35.5. The third-order valence-electron chi connectivity index (χ3n) is 2.48. The Morgan fingerprint density at radius 1 is 1.21 bits per heavy atom. The van der Waals surface area contributed by atoms with Gasteiger partial charge in [-0.1, -0.05) is 13.8 Å². The lowest BCUT2D eigenvalue weighted by Gasteiger charge is -2.25. The van der Waals surface area contributed by atoms with Crippen LogP contribution in [-0.2, 0) is 4.74 Å². The van der Waals surface area contributed by atoms with Gasteiger partial charge in [-0.3, -0.25) is 0 Å². The van der Waals surface area contributed by atoms with Crippen LogP contribution in [0, 0.1) is 5.92 Å². The van der Waals surface area contributed by atoms with E-state index in [1.165, 1.54) is 0 Å². The van der Waals surface area contributed by atoms with Gasteiger partial charge >= 0.3 is 0 Å². The van der Waals surface area contributed by atoms with Gasteiger partial charge in [-0.05, 0) is 25.7 Å². The summed E-state index contributed by atoms with van der Waals surface area (Å²) in [5, 5.41) is 3.59. The van der Waals surface area contributed by atoms with Crippen molar-refractivity contribution in [2.75, 3.05) is 19.6 Å². The first kappa shape index (κ1) is 14.2.